The summed E-state index contributed by atoms with van der Waals surface area (Å²) in [5, 5.41) is 0. The van der Waals surface area contributed by atoms with E-state index in [9.17, 15) is 9.59 Å². The van der Waals surface area contributed by atoms with Crippen LogP contribution in [-0.4, -0.2) is 29.0 Å². The van der Waals surface area contributed by atoms with Crippen molar-refractivity contribution in [2.24, 2.45) is 0 Å². The minimum absolute atomic E-state index is 0.0592. The lowest BCUT2D eigenvalue weighted by atomic mass is 10.0. The molecule has 3 rings (SSSR count). The zero-order valence-electron chi connectivity index (χ0n) is 16.9. The lowest BCUT2D eigenvalue weighted by Gasteiger charge is -2.25. The van der Waals surface area contributed by atoms with E-state index in [-0.39, 0.29) is 30.6 Å². The van der Waals surface area contributed by atoms with Crippen LogP contribution >= 0.6 is 15.9 Å². The number of carbonyl (C=O) groups excluding carboxylic acids is 2. The highest BCUT2D eigenvalue weighted by molar-refractivity contribution is 9.10. The molecular weight excluding hydrogens is 420 g/mol. The van der Waals surface area contributed by atoms with Crippen LogP contribution in [-0.2, 0) is 11.3 Å². The van der Waals surface area contributed by atoms with Gasteiger partial charge in [-0.05, 0) is 75.6 Å². The Balaban J connectivity index is 1.81. The molecule has 1 aliphatic heterocycles. The highest BCUT2D eigenvalue weighted by Gasteiger charge is 2.36. The van der Waals surface area contributed by atoms with E-state index in [0.29, 0.717) is 5.69 Å². The molecule has 0 bridgehead atoms. The number of nitrogens with zero attached hydrogens (tertiary/aromatic N) is 2. The summed E-state index contributed by atoms with van der Waals surface area (Å²) in [5.74, 6) is 0.657. The molecular formula is C22H25BrN2O3. The topological polar surface area (TPSA) is 49.9 Å². The van der Waals surface area contributed by atoms with Gasteiger partial charge in [0.05, 0.1) is 6.54 Å². The largest absolute Gasteiger partial charge is 0.488 e. The van der Waals surface area contributed by atoms with Crippen molar-refractivity contribution in [3.8, 4) is 5.75 Å². The highest BCUT2D eigenvalue weighted by atomic mass is 79.9. The SMILES string of the molecule is Cc1cc(CN2C(=O)CN(c3ccc(Br)cc3)C2=O)cc(C)c1OC(C)(C)C. The van der Waals surface area contributed by atoms with E-state index in [4.69, 9.17) is 4.74 Å². The Bertz CT molecular complexity index is 893. The molecule has 2 aromatic rings. The van der Waals surface area contributed by atoms with Gasteiger partial charge in [-0.3, -0.25) is 14.6 Å². The van der Waals surface area contributed by atoms with Crippen LogP contribution in [0.4, 0.5) is 10.5 Å². The number of benzene rings is 2. The molecule has 0 radical (unpaired) electrons. The van der Waals surface area contributed by atoms with Gasteiger partial charge in [-0.25, -0.2) is 4.79 Å². The fourth-order valence-corrected chi connectivity index (χ4v) is 3.56. The van der Waals surface area contributed by atoms with Crippen molar-refractivity contribution in [3.63, 3.8) is 0 Å². The molecule has 28 heavy (non-hydrogen) atoms. The monoisotopic (exact) mass is 444 g/mol. The quantitative estimate of drug-likeness (QED) is 0.607. The van der Waals surface area contributed by atoms with Crippen LogP contribution in [0.2, 0.25) is 0 Å². The second-order valence-electron chi connectivity index (χ2n) is 8.10. The third kappa shape index (κ3) is 4.38. The van der Waals surface area contributed by atoms with Gasteiger partial charge < -0.3 is 4.74 Å². The van der Waals surface area contributed by atoms with Gasteiger partial charge in [0.1, 0.15) is 17.9 Å². The summed E-state index contributed by atoms with van der Waals surface area (Å²) in [6.45, 7) is 10.3. The third-order valence-corrected chi connectivity index (χ3v) is 4.99. The van der Waals surface area contributed by atoms with Crippen molar-refractivity contribution < 1.29 is 14.3 Å². The first kappa shape index (κ1) is 20.4. The Labute approximate surface area is 174 Å². The Kier molecular flexibility index (Phi) is 5.53. The van der Waals surface area contributed by atoms with Gasteiger partial charge in [0.15, 0.2) is 0 Å². The molecule has 0 atom stereocenters. The molecule has 2 aromatic carbocycles. The first-order valence-corrected chi connectivity index (χ1v) is 10.0. The molecule has 6 heteroatoms. The number of halogens is 1. The summed E-state index contributed by atoms with van der Waals surface area (Å²) < 4.78 is 6.98. The summed E-state index contributed by atoms with van der Waals surface area (Å²) in [5.41, 5.74) is 3.33. The van der Waals surface area contributed by atoms with Crippen LogP contribution in [0.1, 0.15) is 37.5 Å². The number of urea groups is 1. The van der Waals surface area contributed by atoms with E-state index in [1.54, 1.807) is 0 Å². The fraction of sp³-hybridized carbons (Fsp3) is 0.364. The number of hydrogen-bond acceptors (Lipinski definition) is 3. The highest BCUT2D eigenvalue weighted by Crippen LogP contribution is 2.30. The van der Waals surface area contributed by atoms with Crippen molar-refractivity contribution in [3.05, 3.63) is 57.6 Å². The van der Waals surface area contributed by atoms with Gasteiger partial charge in [-0.1, -0.05) is 28.1 Å². The Morgan fingerprint density at radius 2 is 1.61 bits per heavy atom. The molecule has 0 aliphatic carbocycles. The zero-order chi connectivity index (χ0) is 20.6. The molecule has 5 nitrogen and oxygen atoms in total. The summed E-state index contributed by atoms with van der Waals surface area (Å²) >= 11 is 3.38. The summed E-state index contributed by atoms with van der Waals surface area (Å²) in [4.78, 5) is 28.1. The fourth-order valence-electron chi connectivity index (χ4n) is 3.30. The van der Waals surface area contributed by atoms with Crippen molar-refractivity contribution in [2.45, 2.75) is 46.8 Å². The molecule has 0 N–H and O–H groups in total. The number of anilines is 1. The van der Waals surface area contributed by atoms with E-state index >= 15 is 0 Å². The van der Waals surface area contributed by atoms with Gasteiger partial charge in [0.2, 0.25) is 0 Å². The predicted octanol–water partition coefficient (Wildman–Crippen LogP) is 5.21. The standard InChI is InChI=1S/C22H25BrN2O3/c1-14-10-16(11-15(2)20(14)28-22(3,4)5)12-25-19(26)13-24(21(25)27)18-8-6-17(23)7-9-18/h6-11H,12-13H2,1-5H3. The van der Waals surface area contributed by atoms with Crippen molar-refractivity contribution in [1.29, 1.82) is 0 Å². The van der Waals surface area contributed by atoms with Crippen LogP contribution in [0.5, 0.6) is 5.75 Å². The molecule has 0 saturated carbocycles. The smallest absolute Gasteiger partial charge is 0.332 e. The lowest BCUT2D eigenvalue weighted by Crippen LogP contribution is -2.32. The number of ether oxygens (including phenoxy) is 1. The molecule has 3 amide bonds. The van der Waals surface area contributed by atoms with Crippen LogP contribution < -0.4 is 9.64 Å². The molecule has 148 valence electrons. The molecule has 0 spiro atoms. The van der Waals surface area contributed by atoms with Gasteiger partial charge >= 0.3 is 6.03 Å². The normalized spacial score (nSPS) is 14.8. The minimum atomic E-state index is -0.294. The molecule has 0 unspecified atom stereocenters. The summed E-state index contributed by atoms with van der Waals surface area (Å²) in [6, 6.07) is 11.0. The van der Waals surface area contributed by atoms with Crippen LogP contribution in [0.25, 0.3) is 0 Å². The number of carbonyl (C=O) groups is 2. The Morgan fingerprint density at radius 1 is 1.04 bits per heavy atom. The summed E-state index contributed by atoms with van der Waals surface area (Å²) in [7, 11) is 0. The number of rotatable bonds is 4. The second kappa shape index (κ2) is 7.59. The average Bonchev–Trinajstić information content (AvgIpc) is 2.86. The van der Waals surface area contributed by atoms with Gasteiger partial charge in [0.25, 0.3) is 5.91 Å². The number of aryl methyl sites for hydroxylation is 2. The van der Waals surface area contributed by atoms with Crippen LogP contribution in [0.3, 0.4) is 0 Å². The van der Waals surface area contributed by atoms with Crippen LogP contribution in [0.15, 0.2) is 40.9 Å². The van der Waals surface area contributed by atoms with Gasteiger partial charge in [-0.2, -0.15) is 0 Å². The number of amides is 3. The molecule has 0 aromatic heterocycles. The summed E-state index contributed by atoms with van der Waals surface area (Å²) in [6.07, 6.45) is 0. The number of hydrogen-bond donors (Lipinski definition) is 0. The Morgan fingerprint density at radius 3 is 2.14 bits per heavy atom. The predicted molar refractivity (Wildman–Crippen MR) is 114 cm³/mol. The molecule has 1 saturated heterocycles. The lowest BCUT2D eigenvalue weighted by molar-refractivity contribution is -0.125. The maximum absolute atomic E-state index is 12.8. The van der Waals surface area contributed by atoms with Crippen LogP contribution in [0, 0.1) is 13.8 Å². The maximum Gasteiger partial charge on any atom is 0.332 e. The van der Waals surface area contributed by atoms with Crippen molar-refractivity contribution in [2.75, 3.05) is 11.4 Å². The second-order valence-corrected chi connectivity index (χ2v) is 9.01. The molecule has 1 heterocycles. The number of imide groups is 1. The van der Waals surface area contributed by atoms with Crippen molar-refractivity contribution >= 4 is 33.6 Å². The van der Waals surface area contributed by atoms with Crippen molar-refractivity contribution in [1.82, 2.24) is 4.90 Å². The molecule has 1 aliphatic rings. The van der Waals surface area contributed by atoms with Gasteiger partial charge in [-0.15, -0.1) is 0 Å². The maximum atomic E-state index is 12.8. The zero-order valence-corrected chi connectivity index (χ0v) is 18.5. The van der Waals surface area contributed by atoms with E-state index in [1.807, 2.05) is 71.0 Å². The first-order chi connectivity index (χ1) is 13.0. The van der Waals surface area contributed by atoms with E-state index in [1.165, 1.54) is 9.80 Å². The third-order valence-electron chi connectivity index (χ3n) is 4.46. The van der Waals surface area contributed by atoms with E-state index in [0.717, 1.165) is 26.9 Å². The minimum Gasteiger partial charge on any atom is -0.488 e. The van der Waals surface area contributed by atoms with E-state index in [2.05, 4.69) is 15.9 Å². The van der Waals surface area contributed by atoms with Gasteiger partial charge in [0, 0.05) is 10.2 Å². The average molecular weight is 445 g/mol. The molecule has 1 fully saturated rings. The first-order valence-electron chi connectivity index (χ1n) is 9.22. The Hall–Kier alpha value is -2.34. The van der Waals surface area contributed by atoms with E-state index < -0.39 is 0 Å².